The Balaban J connectivity index is 1.47. The highest BCUT2D eigenvalue weighted by Crippen LogP contribution is 2.18. The first-order chi connectivity index (χ1) is 10.3. The summed E-state index contributed by atoms with van der Waals surface area (Å²) >= 11 is 0. The third-order valence-electron chi connectivity index (χ3n) is 3.84. The number of carbonyl (C=O) groups excluding carboxylic acids is 1. The Morgan fingerprint density at radius 2 is 2.29 bits per heavy atom. The van der Waals surface area contributed by atoms with Crippen LogP contribution in [-0.2, 0) is 16.0 Å². The molecule has 1 fully saturated rings. The number of fused-ring (bicyclic) bond motifs is 1. The van der Waals surface area contributed by atoms with Crippen molar-refractivity contribution in [3.63, 3.8) is 0 Å². The van der Waals surface area contributed by atoms with E-state index in [-0.39, 0.29) is 11.9 Å². The SMILES string of the molecule is O=C(CCc1c[nH]c2ccccc12)NCC1COCCN1. The second kappa shape index (κ2) is 6.74. The molecule has 3 N–H and O–H groups in total. The van der Waals surface area contributed by atoms with Crippen molar-refractivity contribution in [1.82, 2.24) is 15.6 Å². The van der Waals surface area contributed by atoms with E-state index in [0.29, 0.717) is 19.6 Å². The molecule has 1 atom stereocenters. The second-order valence-electron chi connectivity index (χ2n) is 5.39. The van der Waals surface area contributed by atoms with E-state index in [1.807, 2.05) is 24.4 Å². The average molecular weight is 287 g/mol. The number of carbonyl (C=O) groups is 1. The van der Waals surface area contributed by atoms with Crippen LogP contribution in [0, 0.1) is 0 Å². The van der Waals surface area contributed by atoms with E-state index in [0.717, 1.165) is 25.1 Å². The summed E-state index contributed by atoms with van der Waals surface area (Å²) in [7, 11) is 0. The molecule has 1 aliphatic heterocycles. The first kappa shape index (κ1) is 14.1. The Bertz CT molecular complexity index is 602. The predicted molar refractivity (Wildman–Crippen MR) is 82.2 cm³/mol. The van der Waals surface area contributed by atoms with Gasteiger partial charge in [0.15, 0.2) is 0 Å². The minimum Gasteiger partial charge on any atom is -0.378 e. The molecule has 0 radical (unpaired) electrons. The molecular formula is C16H21N3O2. The Labute approximate surface area is 124 Å². The number of rotatable bonds is 5. The van der Waals surface area contributed by atoms with Crippen LogP contribution in [0.1, 0.15) is 12.0 Å². The van der Waals surface area contributed by atoms with Gasteiger partial charge in [0.05, 0.1) is 13.2 Å². The number of para-hydroxylation sites is 1. The Kier molecular flexibility index (Phi) is 4.52. The molecule has 3 rings (SSSR count). The molecular weight excluding hydrogens is 266 g/mol. The van der Waals surface area contributed by atoms with Gasteiger partial charge in [-0.3, -0.25) is 4.79 Å². The topological polar surface area (TPSA) is 66.2 Å². The summed E-state index contributed by atoms with van der Waals surface area (Å²) < 4.78 is 5.36. The van der Waals surface area contributed by atoms with Gasteiger partial charge in [0, 0.05) is 42.7 Å². The zero-order chi connectivity index (χ0) is 14.5. The number of hydrogen-bond acceptors (Lipinski definition) is 3. The van der Waals surface area contributed by atoms with Crippen molar-refractivity contribution < 1.29 is 9.53 Å². The van der Waals surface area contributed by atoms with E-state index >= 15 is 0 Å². The smallest absolute Gasteiger partial charge is 0.220 e. The fourth-order valence-electron chi connectivity index (χ4n) is 2.66. The van der Waals surface area contributed by atoms with Crippen LogP contribution in [0.5, 0.6) is 0 Å². The molecule has 2 heterocycles. The number of aromatic amines is 1. The number of ether oxygens (including phenoxy) is 1. The van der Waals surface area contributed by atoms with Crippen molar-refractivity contribution in [2.75, 3.05) is 26.3 Å². The van der Waals surface area contributed by atoms with Gasteiger partial charge >= 0.3 is 0 Å². The van der Waals surface area contributed by atoms with E-state index < -0.39 is 0 Å². The van der Waals surface area contributed by atoms with Gasteiger partial charge in [-0.1, -0.05) is 18.2 Å². The molecule has 21 heavy (non-hydrogen) atoms. The zero-order valence-electron chi connectivity index (χ0n) is 12.0. The number of morpholine rings is 1. The normalized spacial score (nSPS) is 18.8. The molecule has 0 saturated carbocycles. The van der Waals surface area contributed by atoms with E-state index in [2.05, 4.69) is 21.7 Å². The van der Waals surface area contributed by atoms with Gasteiger partial charge in [-0.25, -0.2) is 0 Å². The highest BCUT2D eigenvalue weighted by molar-refractivity contribution is 5.84. The highest BCUT2D eigenvalue weighted by atomic mass is 16.5. The molecule has 1 aliphatic rings. The number of benzene rings is 1. The molecule has 5 heteroatoms. The maximum absolute atomic E-state index is 11.9. The summed E-state index contributed by atoms with van der Waals surface area (Å²) in [5.74, 6) is 0.0904. The summed E-state index contributed by atoms with van der Waals surface area (Å²) in [5.41, 5.74) is 2.32. The van der Waals surface area contributed by atoms with Crippen LogP contribution in [-0.4, -0.2) is 43.2 Å². The molecule has 1 amide bonds. The summed E-state index contributed by atoms with van der Waals surface area (Å²) in [6, 6.07) is 8.40. The average Bonchev–Trinajstić information content (AvgIpc) is 2.95. The largest absolute Gasteiger partial charge is 0.378 e. The number of amides is 1. The van der Waals surface area contributed by atoms with Crippen LogP contribution >= 0.6 is 0 Å². The first-order valence-electron chi connectivity index (χ1n) is 7.46. The van der Waals surface area contributed by atoms with Crippen LogP contribution in [0.4, 0.5) is 0 Å². The van der Waals surface area contributed by atoms with Crippen LogP contribution < -0.4 is 10.6 Å². The molecule has 0 aliphatic carbocycles. The number of hydrogen-bond donors (Lipinski definition) is 3. The molecule has 1 unspecified atom stereocenters. The molecule has 5 nitrogen and oxygen atoms in total. The fourth-order valence-corrected chi connectivity index (χ4v) is 2.66. The lowest BCUT2D eigenvalue weighted by Gasteiger charge is -2.23. The van der Waals surface area contributed by atoms with Gasteiger partial charge < -0.3 is 20.4 Å². The lowest BCUT2D eigenvalue weighted by Crippen LogP contribution is -2.48. The first-order valence-corrected chi connectivity index (χ1v) is 7.46. The molecule has 1 saturated heterocycles. The predicted octanol–water partition coefficient (Wildman–Crippen LogP) is 1.21. The van der Waals surface area contributed by atoms with Crippen molar-refractivity contribution in [1.29, 1.82) is 0 Å². The Hall–Kier alpha value is -1.85. The second-order valence-corrected chi connectivity index (χ2v) is 5.39. The number of nitrogens with one attached hydrogen (secondary N) is 3. The summed E-state index contributed by atoms with van der Waals surface area (Å²) in [6.07, 6.45) is 3.26. The summed E-state index contributed by atoms with van der Waals surface area (Å²) in [5, 5.41) is 7.50. The van der Waals surface area contributed by atoms with Crippen LogP contribution in [0.3, 0.4) is 0 Å². The molecule has 112 valence electrons. The number of H-pyrrole nitrogens is 1. The quantitative estimate of drug-likeness (QED) is 0.774. The van der Waals surface area contributed by atoms with E-state index in [9.17, 15) is 4.79 Å². The lowest BCUT2D eigenvalue weighted by molar-refractivity contribution is -0.121. The minimum absolute atomic E-state index is 0.0904. The van der Waals surface area contributed by atoms with E-state index in [1.54, 1.807) is 0 Å². The van der Waals surface area contributed by atoms with Crippen LogP contribution in [0.25, 0.3) is 10.9 Å². The fraction of sp³-hybridized carbons (Fsp3) is 0.438. The summed E-state index contributed by atoms with van der Waals surface area (Å²) in [6.45, 7) is 2.91. The Morgan fingerprint density at radius 1 is 1.38 bits per heavy atom. The van der Waals surface area contributed by atoms with Crippen molar-refractivity contribution in [3.8, 4) is 0 Å². The van der Waals surface area contributed by atoms with E-state index in [1.165, 1.54) is 10.9 Å². The van der Waals surface area contributed by atoms with Crippen LogP contribution in [0.15, 0.2) is 30.5 Å². The van der Waals surface area contributed by atoms with Crippen molar-refractivity contribution in [2.24, 2.45) is 0 Å². The maximum Gasteiger partial charge on any atom is 0.220 e. The van der Waals surface area contributed by atoms with Gasteiger partial charge in [-0.2, -0.15) is 0 Å². The minimum atomic E-state index is 0.0904. The van der Waals surface area contributed by atoms with Crippen LogP contribution in [0.2, 0.25) is 0 Å². The van der Waals surface area contributed by atoms with Gasteiger partial charge in [0.2, 0.25) is 5.91 Å². The third-order valence-corrected chi connectivity index (χ3v) is 3.84. The molecule has 2 aromatic rings. The highest BCUT2D eigenvalue weighted by Gasteiger charge is 2.14. The maximum atomic E-state index is 11.9. The monoisotopic (exact) mass is 287 g/mol. The third kappa shape index (κ3) is 3.62. The van der Waals surface area contributed by atoms with Crippen molar-refractivity contribution >= 4 is 16.8 Å². The molecule has 0 spiro atoms. The van der Waals surface area contributed by atoms with Gasteiger partial charge in [-0.15, -0.1) is 0 Å². The lowest BCUT2D eigenvalue weighted by atomic mass is 10.1. The molecule has 0 bridgehead atoms. The van der Waals surface area contributed by atoms with E-state index in [4.69, 9.17) is 4.74 Å². The van der Waals surface area contributed by atoms with Gasteiger partial charge in [-0.05, 0) is 18.1 Å². The van der Waals surface area contributed by atoms with Crippen molar-refractivity contribution in [3.05, 3.63) is 36.0 Å². The number of aromatic nitrogens is 1. The standard InChI is InChI=1S/C16H21N3O2/c20-16(19-10-13-11-21-8-7-17-13)6-5-12-9-18-15-4-2-1-3-14(12)15/h1-4,9,13,17-18H,5-8,10-11H2,(H,19,20). The molecule has 1 aromatic carbocycles. The van der Waals surface area contributed by atoms with Gasteiger partial charge in [0.1, 0.15) is 0 Å². The molecule has 1 aromatic heterocycles. The Morgan fingerprint density at radius 3 is 3.14 bits per heavy atom. The van der Waals surface area contributed by atoms with Crippen molar-refractivity contribution in [2.45, 2.75) is 18.9 Å². The number of aryl methyl sites for hydroxylation is 1. The summed E-state index contributed by atoms with van der Waals surface area (Å²) in [4.78, 5) is 15.2. The van der Waals surface area contributed by atoms with Gasteiger partial charge in [0.25, 0.3) is 0 Å². The zero-order valence-corrected chi connectivity index (χ0v) is 12.0.